The number of morpholine rings is 1. The molecular weight excluding hydrogens is 472 g/mol. The van der Waals surface area contributed by atoms with Gasteiger partial charge in [-0.3, -0.25) is 14.5 Å². The molecule has 2 fully saturated rings. The summed E-state index contributed by atoms with van der Waals surface area (Å²) in [6, 6.07) is 6.22. The minimum absolute atomic E-state index is 0.0309. The summed E-state index contributed by atoms with van der Waals surface area (Å²) in [5.74, 6) is 0.0455. The van der Waals surface area contributed by atoms with Gasteiger partial charge in [-0.25, -0.2) is 8.42 Å². The first-order valence-corrected chi connectivity index (χ1v) is 13.6. The molecule has 2 aliphatic rings. The molecule has 9 nitrogen and oxygen atoms in total. The Morgan fingerprint density at radius 3 is 2.50 bits per heavy atom. The first kappa shape index (κ1) is 23.3. The van der Waals surface area contributed by atoms with E-state index in [9.17, 15) is 18.0 Å². The van der Waals surface area contributed by atoms with E-state index in [1.807, 2.05) is 6.92 Å². The van der Waals surface area contributed by atoms with Crippen LogP contribution in [0.3, 0.4) is 0 Å². The predicted octanol–water partition coefficient (Wildman–Crippen LogP) is 2.44. The van der Waals surface area contributed by atoms with Crippen molar-refractivity contribution in [1.82, 2.24) is 14.5 Å². The first-order valence-electron chi connectivity index (χ1n) is 10.4. The molecule has 172 valence electrons. The van der Waals surface area contributed by atoms with Crippen molar-refractivity contribution in [3.8, 4) is 0 Å². The van der Waals surface area contributed by atoms with Crippen LogP contribution in [-0.4, -0.2) is 72.7 Å². The van der Waals surface area contributed by atoms with Crippen LogP contribution in [0.4, 0.5) is 5.13 Å². The maximum Gasteiger partial charge on any atom is 0.243 e. The summed E-state index contributed by atoms with van der Waals surface area (Å²) in [6.45, 7) is 3.23. The minimum atomic E-state index is -3.59. The van der Waals surface area contributed by atoms with Gasteiger partial charge in [0.15, 0.2) is 10.1 Å². The van der Waals surface area contributed by atoms with Gasteiger partial charge in [-0.05, 0) is 25.0 Å². The second-order valence-electron chi connectivity index (χ2n) is 7.45. The number of rotatable bonds is 9. The van der Waals surface area contributed by atoms with E-state index in [-0.39, 0.29) is 28.4 Å². The molecular formula is C20H24N4O5S3. The zero-order valence-electron chi connectivity index (χ0n) is 17.6. The first-order chi connectivity index (χ1) is 15.4. The van der Waals surface area contributed by atoms with Crippen LogP contribution in [0.2, 0.25) is 0 Å². The lowest BCUT2D eigenvalue weighted by atomic mass is 10.1. The van der Waals surface area contributed by atoms with Gasteiger partial charge in [0.25, 0.3) is 0 Å². The number of benzene rings is 1. The number of sulfonamides is 1. The Bertz CT molecular complexity index is 1080. The molecule has 2 aromatic rings. The smallest absolute Gasteiger partial charge is 0.243 e. The van der Waals surface area contributed by atoms with Gasteiger partial charge in [-0.1, -0.05) is 42.2 Å². The summed E-state index contributed by atoms with van der Waals surface area (Å²) >= 11 is 2.57. The number of thioether (sulfide) groups is 1. The lowest BCUT2D eigenvalue weighted by Gasteiger charge is -2.26. The highest BCUT2D eigenvalue weighted by molar-refractivity contribution is 8.01. The standard InChI is InChI=1S/C20H24N4O5S3/c1-2-18(26)24(15-5-6-15)19-21-22-20(31-19)30-13-17(25)14-3-7-16(8-4-14)32(27,28)23-9-11-29-12-10-23/h3-4,7-8,15H,2,5-6,9-13H2,1H3. The molecule has 0 unspecified atom stereocenters. The van der Waals surface area contributed by atoms with Crippen LogP contribution in [-0.2, 0) is 19.6 Å². The molecule has 1 saturated carbocycles. The van der Waals surface area contributed by atoms with Gasteiger partial charge in [-0.2, -0.15) is 4.31 Å². The molecule has 0 atom stereocenters. The van der Waals surface area contributed by atoms with Crippen molar-refractivity contribution in [2.75, 3.05) is 37.0 Å². The lowest BCUT2D eigenvalue weighted by molar-refractivity contribution is -0.118. The van der Waals surface area contributed by atoms with E-state index < -0.39 is 10.0 Å². The van der Waals surface area contributed by atoms with Crippen molar-refractivity contribution in [2.24, 2.45) is 0 Å². The van der Waals surface area contributed by atoms with Crippen molar-refractivity contribution in [1.29, 1.82) is 0 Å². The van der Waals surface area contributed by atoms with E-state index >= 15 is 0 Å². The normalized spacial score (nSPS) is 17.3. The number of carbonyl (C=O) groups excluding carboxylic acids is 2. The predicted molar refractivity (Wildman–Crippen MR) is 122 cm³/mol. The molecule has 1 aliphatic carbocycles. The minimum Gasteiger partial charge on any atom is -0.379 e. The molecule has 1 aromatic heterocycles. The number of Topliss-reactive ketones (excluding diaryl/α,β-unsaturated/α-hetero) is 1. The van der Waals surface area contributed by atoms with E-state index in [0.717, 1.165) is 12.8 Å². The molecule has 32 heavy (non-hydrogen) atoms. The topological polar surface area (TPSA) is 110 Å². The zero-order chi connectivity index (χ0) is 22.7. The van der Waals surface area contributed by atoms with Crippen molar-refractivity contribution in [3.05, 3.63) is 29.8 Å². The summed E-state index contributed by atoms with van der Waals surface area (Å²) in [6.07, 6.45) is 2.36. The van der Waals surface area contributed by atoms with Gasteiger partial charge >= 0.3 is 0 Å². The number of carbonyl (C=O) groups is 2. The Balaban J connectivity index is 1.36. The third kappa shape index (κ3) is 5.20. The Hall–Kier alpha value is -1.86. The fourth-order valence-electron chi connectivity index (χ4n) is 3.29. The van der Waals surface area contributed by atoms with Crippen LogP contribution in [0.1, 0.15) is 36.5 Å². The highest BCUT2D eigenvalue weighted by Crippen LogP contribution is 2.36. The molecule has 0 spiro atoms. The van der Waals surface area contributed by atoms with Gasteiger partial charge in [0.2, 0.25) is 21.1 Å². The molecule has 1 aliphatic heterocycles. The van der Waals surface area contributed by atoms with Crippen molar-refractivity contribution >= 4 is 49.9 Å². The molecule has 0 radical (unpaired) electrons. The quantitative estimate of drug-likeness (QED) is 0.296. The van der Waals surface area contributed by atoms with E-state index in [1.165, 1.54) is 51.7 Å². The molecule has 1 amide bonds. The Morgan fingerprint density at radius 2 is 1.88 bits per heavy atom. The van der Waals surface area contributed by atoms with E-state index in [2.05, 4.69) is 10.2 Å². The second-order valence-corrected chi connectivity index (χ2v) is 11.6. The average Bonchev–Trinajstić information content (AvgIpc) is 3.55. The fourth-order valence-corrected chi connectivity index (χ4v) is 6.52. The SMILES string of the molecule is CCC(=O)N(c1nnc(SCC(=O)c2ccc(S(=O)(=O)N3CCOCC3)cc2)s1)C1CC1. The fraction of sp³-hybridized carbons (Fsp3) is 0.500. The van der Waals surface area contributed by atoms with E-state index in [4.69, 9.17) is 4.74 Å². The number of amides is 1. The number of ketones is 1. The Morgan fingerprint density at radius 1 is 1.19 bits per heavy atom. The highest BCUT2D eigenvalue weighted by Gasteiger charge is 2.35. The number of nitrogens with zero attached hydrogens (tertiary/aromatic N) is 4. The van der Waals surface area contributed by atoms with E-state index in [1.54, 1.807) is 4.90 Å². The van der Waals surface area contributed by atoms with Crippen molar-refractivity contribution in [2.45, 2.75) is 41.5 Å². The van der Waals surface area contributed by atoms with Crippen molar-refractivity contribution in [3.63, 3.8) is 0 Å². The van der Waals surface area contributed by atoms with Gasteiger partial charge in [-0.15, -0.1) is 10.2 Å². The largest absolute Gasteiger partial charge is 0.379 e. The van der Waals surface area contributed by atoms with Crippen LogP contribution >= 0.6 is 23.1 Å². The number of hydrogen-bond acceptors (Lipinski definition) is 9. The van der Waals surface area contributed by atoms with Crippen LogP contribution in [0.25, 0.3) is 0 Å². The third-order valence-corrected chi connectivity index (χ3v) is 9.16. The Labute approximate surface area is 195 Å². The monoisotopic (exact) mass is 496 g/mol. The molecule has 1 aromatic carbocycles. The van der Waals surface area contributed by atoms with Gasteiger partial charge in [0, 0.05) is 31.1 Å². The summed E-state index contributed by atoms with van der Waals surface area (Å²) in [4.78, 5) is 26.7. The number of ether oxygens (including phenoxy) is 1. The van der Waals surface area contributed by atoms with Crippen LogP contribution < -0.4 is 4.90 Å². The molecule has 2 heterocycles. The highest BCUT2D eigenvalue weighted by atomic mass is 32.2. The molecule has 0 N–H and O–H groups in total. The maximum atomic E-state index is 12.7. The van der Waals surface area contributed by atoms with Crippen LogP contribution in [0.5, 0.6) is 0 Å². The summed E-state index contributed by atoms with van der Waals surface area (Å²) in [7, 11) is -3.59. The summed E-state index contributed by atoms with van der Waals surface area (Å²) in [5, 5.41) is 8.84. The summed E-state index contributed by atoms with van der Waals surface area (Å²) < 4.78 is 32.6. The summed E-state index contributed by atoms with van der Waals surface area (Å²) in [5.41, 5.74) is 0.434. The second kappa shape index (κ2) is 9.96. The number of hydrogen-bond donors (Lipinski definition) is 0. The third-order valence-electron chi connectivity index (χ3n) is 5.20. The zero-order valence-corrected chi connectivity index (χ0v) is 20.0. The maximum absolute atomic E-state index is 12.7. The molecule has 4 rings (SSSR count). The number of anilines is 1. The number of aromatic nitrogens is 2. The Kier molecular flexibility index (Phi) is 7.25. The molecule has 12 heteroatoms. The van der Waals surface area contributed by atoms with Gasteiger partial charge < -0.3 is 4.74 Å². The molecule has 1 saturated heterocycles. The van der Waals surface area contributed by atoms with E-state index in [0.29, 0.717) is 47.8 Å². The lowest BCUT2D eigenvalue weighted by Crippen LogP contribution is -2.40. The van der Waals surface area contributed by atoms with Crippen LogP contribution in [0.15, 0.2) is 33.5 Å². The van der Waals surface area contributed by atoms with Crippen molar-refractivity contribution < 1.29 is 22.7 Å². The average molecular weight is 497 g/mol. The van der Waals surface area contributed by atoms with Gasteiger partial charge in [0.05, 0.1) is 23.9 Å². The van der Waals surface area contributed by atoms with Crippen LogP contribution in [0, 0.1) is 0 Å². The molecule has 0 bridgehead atoms. The van der Waals surface area contributed by atoms with Gasteiger partial charge in [0.1, 0.15) is 0 Å².